The highest BCUT2D eigenvalue weighted by atomic mass is 19.3. The molecule has 1 aromatic rings. The van der Waals surface area contributed by atoms with Gasteiger partial charge in [0.05, 0.1) is 24.4 Å². The van der Waals surface area contributed by atoms with E-state index in [1.165, 1.54) is 12.1 Å². The molecule has 4 N–H and O–H groups in total. The van der Waals surface area contributed by atoms with E-state index in [-0.39, 0.29) is 23.7 Å². The standard InChI is InChI=1S/C11H12F2N4O3/c12-11(13,4-14)5-15-8-3-7-6(2-10(18)16-7)1-9(8)17(19)20/h1,3,15H,2,4-5,14H2,(H,16,18). The highest BCUT2D eigenvalue weighted by Gasteiger charge is 2.29. The van der Waals surface area contributed by atoms with E-state index >= 15 is 0 Å². The van der Waals surface area contributed by atoms with Gasteiger partial charge in [0.15, 0.2) is 0 Å². The summed E-state index contributed by atoms with van der Waals surface area (Å²) in [5.41, 5.74) is 5.32. The lowest BCUT2D eigenvalue weighted by molar-refractivity contribution is -0.384. The normalized spacial score (nSPS) is 13.8. The van der Waals surface area contributed by atoms with Crippen LogP contribution in [0.3, 0.4) is 0 Å². The molecule has 1 aliphatic rings. The first-order valence-corrected chi connectivity index (χ1v) is 5.75. The van der Waals surface area contributed by atoms with Crippen molar-refractivity contribution in [3.8, 4) is 0 Å². The fraction of sp³-hybridized carbons (Fsp3) is 0.364. The van der Waals surface area contributed by atoms with Gasteiger partial charge >= 0.3 is 0 Å². The summed E-state index contributed by atoms with van der Waals surface area (Å²) in [4.78, 5) is 21.5. The number of alkyl halides is 2. The van der Waals surface area contributed by atoms with Crippen LogP contribution in [0.15, 0.2) is 12.1 Å². The van der Waals surface area contributed by atoms with Crippen LogP contribution < -0.4 is 16.4 Å². The van der Waals surface area contributed by atoms with Crippen molar-refractivity contribution < 1.29 is 18.5 Å². The Bertz CT molecular complexity index is 577. The minimum absolute atomic E-state index is 0.0371. The van der Waals surface area contributed by atoms with Gasteiger partial charge in [-0.25, -0.2) is 8.78 Å². The maximum Gasteiger partial charge on any atom is 0.292 e. The highest BCUT2D eigenvalue weighted by Crippen LogP contribution is 2.34. The second-order valence-corrected chi connectivity index (χ2v) is 4.42. The molecule has 0 aliphatic carbocycles. The van der Waals surface area contributed by atoms with Crippen LogP contribution in [0.5, 0.6) is 0 Å². The third-order valence-electron chi connectivity index (χ3n) is 2.88. The van der Waals surface area contributed by atoms with Gasteiger partial charge in [0.1, 0.15) is 5.69 Å². The fourth-order valence-electron chi connectivity index (χ4n) is 1.85. The average Bonchev–Trinajstić information content (AvgIpc) is 2.74. The van der Waals surface area contributed by atoms with E-state index < -0.39 is 23.9 Å². The smallest absolute Gasteiger partial charge is 0.292 e. The first-order valence-electron chi connectivity index (χ1n) is 5.75. The Morgan fingerprint density at radius 1 is 1.50 bits per heavy atom. The summed E-state index contributed by atoms with van der Waals surface area (Å²) in [6.07, 6.45) is 0.0371. The number of nitro benzene ring substituents is 1. The summed E-state index contributed by atoms with van der Waals surface area (Å²) in [7, 11) is 0. The van der Waals surface area contributed by atoms with Gasteiger partial charge in [0.2, 0.25) is 5.91 Å². The zero-order valence-electron chi connectivity index (χ0n) is 10.3. The molecule has 0 unspecified atom stereocenters. The molecule has 7 nitrogen and oxygen atoms in total. The Morgan fingerprint density at radius 2 is 2.20 bits per heavy atom. The molecule has 2 rings (SSSR count). The monoisotopic (exact) mass is 286 g/mol. The molecule has 0 saturated heterocycles. The molecule has 0 fully saturated rings. The molecule has 0 aromatic heterocycles. The Kier molecular flexibility index (Phi) is 3.53. The Hall–Kier alpha value is -2.29. The van der Waals surface area contributed by atoms with Gasteiger partial charge in [0.25, 0.3) is 11.6 Å². The molecule has 0 spiro atoms. The predicted molar refractivity (Wildman–Crippen MR) is 67.9 cm³/mol. The number of nitrogens with two attached hydrogens (primary N) is 1. The maximum absolute atomic E-state index is 13.1. The van der Waals surface area contributed by atoms with Crippen molar-refractivity contribution in [3.05, 3.63) is 27.8 Å². The van der Waals surface area contributed by atoms with Crippen LogP contribution in [0.1, 0.15) is 5.56 Å². The second-order valence-electron chi connectivity index (χ2n) is 4.42. The van der Waals surface area contributed by atoms with E-state index in [1.807, 2.05) is 0 Å². The summed E-state index contributed by atoms with van der Waals surface area (Å²) >= 11 is 0. The number of nitro groups is 1. The number of hydrogen-bond acceptors (Lipinski definition) is 5. The van der Waals surface area contributed by atoms with Crippen LogP contribution in [0.2, 0.25) is 0 Å². The van der Waals surface area contributed by atoms with Crippen molar-refractivity contribution in [2.45, 2.75) is 12.3 Å². The minimum atomic E-state index is -3.17. The topological polar surface area (TPSA) is 110 Å². The average molecular weight is 286 g/mol. The van der Waals surface area contributed by atoms with Crippen LogP contribution in [-0.2, 0) is 11.2 Å². The van der Waals surface area contributed by atoms with Gasteiger partial charge in [-0.3, -0.25) is 14.9 Å². The van der Waals surface area contributed by atoms with E-state index in [4.69, 9.17) is 5.73 Å². The molecule has 9 heteroatoms. The van der Waals surface area contributed by atoms with Crippen molar-refractivity contribution >= 4 is 23.0 Å². The van der Waals surface area contributed by atoms with Crippen LogP contribution in [-0.4, -0.2) is 29.8 Å². The van der Waals surface area contributed by atoms with Crippen molar-refractivity contribution in [2.24, 2.45) is 5.73 Å². The van der Waals surface area contributed by atoms with Crippen molar-refractivity contribution in [1.82, 2.24) is 0 Å². The largest absolute Gasteiger partial charge is 0.373 e. The van der Waals surface area contributed by atoms with Crippen LogP contribution in [0.4, 0.5) is 25.8 Å². The lowest BCUT2D eigenvalue weighted by Crippen LogP contribution is -2.35. The number of carbonyl (C=O) groups is 1. The number of nitrogens with zero attached hydrogens (tertiary/aromatic N) is 1. The van der Waals surface area contributed by atoms with Gasteiger partial charge in [-0.15, -0.1) is 0 Å². The predicted octanol–water partition coefficient (Wildman–Crippen LogP) is 1.10. The third kappa shape index (κ3) is 2.82. The molecular formula is C11H12F2N4O3. The molecule has 1 aromatic carbocycles. The van der Waals surface area contributed by atoms with Gasteiger partial charge in [0, 0.05) is 11.8 Å². The number of carbonyl (C=O) groups excluding carboxylic acids is 1. The van der Waals surface area contributed by atoms with E-state index in [0.29, 0.717) is 11.3 Å². The van der Waals surface area contributed by atoms with Crippen LogP contribution in [0.25, 0.3) is 0 Å². The van der Waals surface area contributed by atoms with Gasteiger partial charge in [-0.05, 0) is 11.6 Å². The number of nitrogens with one attached hydrogen (secondary N) is 2. The molecule has 0 saturated carbocycles. The van der Waals surface area contributed by atoms with Crippen molar-refractivity contribution in [2.75, 3.05) is 23.7 Å². The van der Waals surface area contributed by atoms with E-state index in [9.17, 15) is 23.7 Å². The lowest BCUT2D eigenvalue weighted by atomic mass is 10.1. The van der Waals surface area contributed by atoms with Crippen molar-refractivity contribution in [1.29, 1.82) is 0 Å². The summed E-state index contributed by atoms with van der Waals surface area (Å²) < 4.78 is 26.2. The summed E-state index contributed by atoms with van der Waals surface area (Å²) in [6, 6.07) is 2.49. The number of rotatable bonds is 5. The third-order valence-corrected chi connectivity index (χ3v) is 2.88. The molecule has 20 heavy (non-hydrogen) atoms. The fourth-order valence-corrected chi connectivity index (χ4v) is 1.85. The number of halogens is 2. The maximum atomic E-state index is 13.1. The molecule has 0 radical (unpaired) electrons. The lowest BCUT2D eigenvalue weighted by Gasteiger charge is -2.16. The summed E-state index contributed by atoms with van der Waals surface area (Å²) in [6.45, 7) is -1.69. The van der Waals surface area contributed by atoms with Crippen LogP contribution in [0, 0.1) is 10.1 Å². The number of anilines is 2. The SMILES string of the molecule is NCC(F)(F)CNc1cc2c(cc1[N+](=O)[O-])CC(=O)N2. The zero-order chi connectivity index (χ0) is 14.9. The molecular weight excluding hydrogens is 274 g/mol. The molecule has 108 valence electrons. The Labute approximate surface area is 112 Å². The van der Waals surface area contributed by atoms with Crippen molar-refractivity contribution in [3.63, 3.8) is 0 Å². The van der Waals surface area contributed by atoms with Gasteiger partial charge in [-0.2, -0.15) is 0 Å². The summed E-state index contributed by atoms with van der Waals surface area (Å²) in [5, 5.41) is 15.8. The number of amides is 1. The first kappa shape index (κ1) is 14.1. The Morgan fingerprint density at radius 3 is 2.80 bits per heavy atom. The number of benzene rings is 1. The van der Waals surface area contributed by atoms with E-state index in [0.717, 1.165) is 0 Å². The number of hydrogen-bond donors (Lipinski definition) is 3. The van der Waals surface area contributed by atoms with E-state index in [2.05, 4.69) is 10.6 Å². The quantitative estimate of drug-likeness (QED) is 0.554. The zero-order valence-corrected chi connectivity index (χ0v) is 10.3. The van der Waals surface area contributed by atoms with Gasteiger partial charge < -0.3 is 16.4 Å². The number of fused-ring (bicyclic) bond motifs is 1. The Balaban J connectivity index is 2.30. The van der Waals surface area contributed by atoms with Crippen LogP contribution >= 0.6 is 0 Å². The first-order chi connectivity index (χ1) is 9.32. The molecule has 1 heterocycles. The minimum Gasteiger partial charge on any atom is -0.373 e. The highest BCUT2D eigenvalue weighted by molar-refractivity contribution is 6.00. The second kappa shape index (κ2) is 5.00. The summed E-state index contributed by atoms with van der Waals surface area (Å²) in [5.74, 6) is -3.46. The molecule has 0 bridgehead atoms. The molecule has 1 aliphatic heterocycles. The van der Waals surface area contributed by atoms with Gasteiger partial charge in [-0.1, -0.05) is 0 Å². The molecule has 1 amide bonds. The molecule has 0 atom stereocenters. The van der Waals surface area contributed by atoms with E-state index in [1.54, 1.807) is 0 Å².